The molecule has 0 spiro atoms. The summed E-state index contributed by atoms with van der Waals surface area (Å²) >= 11 is 0. The van der Waals surface area contributed by atoms with Crippen molar-refractivity contribution < 1.29 is 13.9 Å². The molecule has 0 aliphatic carbocycles. The summed E-state index contributed by atoms with van der Waals surface area (Å²) in [6.45, 7) is 5.95. The first kappa shape index (κ1) is 16.7. The normalized spacial score (nSPS) is 14.9. The molecule has 122 valence electrons. The van der Waals surface area contributed by atoms with E-state index >= 15 is 0 Å². The van der Waals surface area contributed by atoms with Crippen LogP contribution in [0.4, 0.5) is 4.39 Å². The maximum absolute atomic E-state index is 13.4. The molecule has 5 heteroatoms. The SMILES string of the molecule is CCCOc1ccc(F)cc1CCCC(=O)N1CCNCC1. The molecule has 0 radical (unpaired) electrons. The predicted octanol–water partition coefficient (Wildman–Crippen LogP) is 2.37. The maximum Gasteiger partial charge on any atom is 0.222 e. The van der Waals surface area contributed by atoms with Gasteiger partial charge >= 0.3 is 0 Å². The van der Waals surface area contributed by atoms with Crippen molar-refractivity contribution in [3.63, 3.8) is 0 Å². The molecule has 1 N–H and O–H groups in total. The molecule has 2 rings (SSSR count). The van der Waals surface area contributed by atoms with Gasteiger partial charge in [-0.25, -0.2) is 4.39 Å². The van der Waals surface area contributed by atoms with Gasteiger partial charge in [-0.2, -0.15) is 0 Å². The number of carbonyl (C=O) groups excluding carboxylic acids is 1. The Kier molecular flexibility index (Phi) is 6.65. The molecule has 0 aromatic heterocycles. The lowest BCUT2D eigenvalue weighted by Crippen LogP contribution is -2.46. The topological polar surface area (TPSA) is 41.6 Å². The van der Waals surface area contributed by atoms with Crippen molar-refractivity contribution in [2.75, 3.05) is 32.8 Å². The molecule has 1 fully saturated rings. The quantitative estimate of drug-likeness (QED) is 0.841. The molecule has 1 saturated heterocycles. The molecule has 0 bridgehead atoms. The van der Waals surface area contributed by atoms with E-state index in [1.165, 1.54) is 12.1 Å². The van der Waals surface area contributed by atoms with Crippen LogP contribution < -0.4 is 10.1 Å². The minimum Gasteiger partial charge on any atom is -0.493 e. The fourth-order valence-electron chi connectivity index (χ4n) is 2.60. The van der Waals surface area contributed by atoms with Crippen LogP contribution in [0, 0.1) is 5.82 Å². The van der Waals surface area contributed by atoms with Crippen LogP contribution in [0.25, 0.3) is 0 Å². The highest BCUT2D eigenvalue weighted by Gasteiger charge is 2.16. The molecule has 1 aromatic carbocycles. The summed E-state index contributed by atoms with van der Waals surface area (Å²) < 4.78 is 19.1. The number of hydrogen-bond acceptors (Lipinski definition) is 3. The van der Waals surface area contributed by atoms with Crippen LogP contribution in [0.3, 0.4) is 0 Å². The standard InChI is InChI=1S/C17H25FN2O2/c1-2-12-22-16-7-6-15(18)13-14(16)4-3-5-17(21)20-10-8-19-9-11-20/h6-7,13,19H,2-5,8-12H2,1H3. The van der Waals surface area contributed by atoms with E-state index in [0.29, 0.717) is 25.9 Å². The van der Waals surface area contributed by atoms with Crippen LogP contribution in [0.1, 0.15) is 31.7 Å². The third-order valence-corrected chi connectivity index (χ3v) is 3.79. The van der Waals surface area contributed by atoms with Crippen LogP contribution in [-0.2, 0) is 11.2 Å². The smallest absolute Gasteiger partial charge is 0.222 e. The molecule has 4 nitrogen and oxygen atoms in total. The number of amides is 1. The Hall–Kier alpha value is -1.62. The zero-order valence-electron chi connectivity index (χ0n) is 13.2. The van der Waals surface area contributed by atoms with E-state index in [1.54, 1.807) is 6.07 Å². The largest absolute Gasteiger partial charge is 0.493 e. The van der Waals surface area contributed by atoms with Crippen LogP contribution in [0.5, 0.6) is 5.75 Å². The van der Waals surface area contributed by atoms with Crippen molar-refractivity contribution in [2.45, 2.75) is 32.6 Å². The van der Waals surface area contributed by atoms with E-state index in [0.717, 1.165) is 43.9 Å². The van der Waals surface area contributed by atoms with Gasteiger partial charge in [0.2, 0.25) is 5.91 Å². The minimum atomic E-state index is -0.257. The number of aryl methyl sites for hydroxylation is 1. The van der Waals surface area contributed by atoms with Gasteiger partial charge in [0.1, 0.15) is 11.6 Å². The van der Waals surface area contributed by atoms with Crippen molar-refractivity contribution in [2.24, 2.45) is 0 Å². The van der Waals surface area contributed by atoms with Gasteiger partial charge in [0, 0.05) is 32.6 Å². The van der Waals surface area contributed by atoms with Gasteiger partial charge in [0.25, 0.3) is 0 Å². The third kappa shape index (κ3) is 4.98. The number of rotatable bonds is 7. The first-order chi connectivity index (χ1) is 10.7. The number of nitrogens with zero attached hydrogens (tertiary/aromatic N) is 1. The van der Waals surface area contributed by atoms with Gasteiger partial charge in [0.15, 0.2) is 0 Å². The summed E-state index contributed by atoms with van der Waals surface area (Å²) in [4.78, 5) is 14.0. The zero-order chi connectivity index (χ0) is 15.8. The Balaban J connectivity index is 1.84. The van der Waals surface area contributed by atoms with Gasteiger partial charge in [-0.3, -0.25) is 4.79 Å². The van der Waals surface area contributed by atoms with Crippen molar-refractivity contribution in [1.29, 1.82) is 0 Å². The number of hydrogen-bond donors (Lipinski definition) is 1. The fourth-order valence-corrected chi connectivity index (χ4v) is 2.60. The number of ether oxygens (including phenoxy) is 1. The minimum absolute atomic E-state index is 0.189. The van der Waals surface area contributed by atoms with E-state index in [2.05, 4.69) is 5.32 Å². The van der Waals surface area contributed by atoms with Crippen molar-refractivity contribution in [3.05, 3.63) is 29.6 Å². The zero-order valence-corrected chi connectivity index (χ0v) is 13.2. The maximum atomic E-state index is 13.4. The summed E-state index contributed by atoms with van der Waals surface area (Å²) in [5.41, 5.74) is 0.849. The van der Waals surface area contributed by atoms with Gasteiger partial charge in [-0.05, 0) is 43.0 Å². The molecular weight excluding hydrogens is 283 g/mol. The monoisotopic (exact) mass is 308 g/mol. The van der Waals surface area contributed by atoms with Crippen molar-refractivity contribution >= 4 is 5.91 Å². The van der Waals surface area contributed by atoms with Gasteiger partial charge in [0.05, 0.1) is 6.61 Å². The molecule has 0 atom stereocenters. The van der Waals surface area contributed by atoms with Crippen LogP contribution in [0.2, 0.25) is 0 Å². The molecule has 1 heterocycles. The van der Waals surface area contributed by atoms with E-state index in [4.69, 9.17) is 4.74 Å². The molecule has 0 unspecified atom stereocenters. The Morgan fingerprint density at radius 3 is 2.86 bits per heavy atom. The van der Waals surface area contributed by atoms with E-state index in [1.807, 2.05) is 11.8 Å². The number of nitrogens with one attached hydrogen (secondary N) is 1. The summed E-state index contributed by atoms with van der Waals surface area (Å²) in [5.74, 6) is 0.666. The number of halogens is 1. The second kappa shape index (κ2) is 8.73. The molecule has 22 heavy (non-hydrogen) atoms. The van der Waals surface area contributed by atoms with E-state index in [-0.39, 0.29) is 11.7 Å². The summed E-state index contributed by atoms with van der Waals surface area (Å²) in [6.07, 6.45) is 2.80. The Morgan fingerprint density at radius 2 is 2.14 bits per heavy atom. The van der Waals surface area contributed by atoms with Gasteiger partial charge in [-0.1, -0.05) is 6.92 Å². The average molecular weight is 308 g/mol. The highest BCUT2D eigenvalue weighted by atomic mass is 19.1. The molecular formula is C17H25FN2O2. The first-order valence-corrected chi connectivity index (χ1v) is 8.10. The highest BCUT2D eigenvalue weighted by molar-refractivity contribution is 5.76. The van der Waals surface area contributed by atoms with Crippen molar-refractivity contribution in [1.82, 2.24) is 10.2 Å². The van der Waals surface area contributed by atoms with E-state index in [9.17, 15) is 9.18 Å². The summed E-state index contributed by atoms with van der Waals surface area (Å²) in [6, 6.07) is 4.61. The number of piperazine rings is 1. The Bertz CT molecular complexity index is 488. The molecule has 0 saturated carbocycles. The number of benzene rings is 1. The second-order valence-corrected chi connectivity index (χ2v) is 5.58. The molecule has 1 aliphatic rings. The lowest BCUT2D eigenvalue weighted by Gasteiger charge is -2.27. The average Bonchev–Trinajstić information content (AvgIpc) is 2.55. The lowest BCUT2D eigenvalue weighted by molar-refractivity contribution is -0.131. The fraction of sp³-hybridized carbons (Fsp3) is 0.588. The molecule has 1 amide bonds. The summed E-state index contributed by atoms with van der Waals surface area (Å²) in [5, 5.41) is 3.23. The van der Waals surface area contributed by atoms with Crippen LogP contribution >= 0.6 is 0 Å². The molecule has 1 aliphatic heterocycles. The first-order valence-electron chi connectivity index (χ1n) is 8.10. The Morgan fingerprint density at radius 1 is 1.36 bits per heavy atom. The summed E-state index contributed by atoms with van der Waals surface area (Å²) in [7, 11) is 0. The van der Waals surface area contributed by atoms with Crippen LogP contribution in [0.15, 0.2) is 18.2 Å². The third-order valence-electron chi connectivity index (χ3n) is 3.79. The predicted molar refractivity (Wildman–Crippen MR) is 84.6 cm³/mol. The van der Waals surface area contributed by atoms with Crippen molar-refractivity contribution in [3.8, 4) is 5.75 Å². The second-order valence-electron chi connectivity index (χ2n) is 5.58. The number of carbonyl (C=O) groups is 1. The van der Waals surface area contributed by atoms with Gasteiger partial charge in [-0.15, -0.1) is 0 Å². The van der Waals surface area contributed by atoms with E-state index < -0.39 is 0 Å². The Labute approximate surface area is 131 Å². The van der Waals surface area contributed by atoms with Crippen LogP contribution in [-0.4, -0.2) is 43.6 Å². The molecule has 1 aromatic rings. The van der Waals surface area contributed by atoms with Gasteiger partial charge < -0.3 is 15.0 Å². The highest BCUT2D eigenvalue weighted by Crippen LogP contribution is 2.22. The lowest BCUT2D eigenvalue weighted by atomic mass is 10.1.